The molecule has 1 fully saturated rings. The molecule has 1 aliphatic rings. The van der Waals surface area contributed by atoms with Crippen molar-refractivity contribution in [2.45, 2.75) is 31.9 Å². The Kier molecular flexibility index (Phi) is 2.23. The predicted octanol–water partition coefficient (Wildman–Crippen LogP) is 3.05. The molecule has 1 atom stereocenters. The van der Waals surface area contributed by atoms with E-state index in [0.29, 0.717) is 0 Å². The summed E-state index contributed by atoms with van der Waals surface area (Å²) in [5.74, 6) is 0.828. The Morgan fingerprint density at radius 1 is 1.67 bits per heavy atom. The van der Waals surface area contributed by atoms with Crippen molar-refractivity contribution in [2.75, 3.05) is 0 Å². The van der Waals surface area contributed by atoms with Crippen molar-refractivity contribution in [3.05, 3.63) is 11.5 Å². The second-order valence-corrected chi connectivity index (χ2v) is 4.40. The smallest absolute Gasteiger partial charge is 0.0117 e. The minimum atomic E-state index is 0.828. The molecule has 52 valence electrons. The molecule has 0 aliphatic carbocycles. The SMILES string of the molecule is C=C1CCC(C(C)C)S1. The van der Waals surface area contributed by atoms with Crippen molar-refractivity contribution in [3.8, 4) is 0 Å². The third-order valence-corrected chi connectivity index (χ3v) is 3.39. The Labute approximate surface area is 61.7 Å². The highest BCUT2D eigenvalue weighted by Crippen LogP contribution is 2.39. The van der Waals surface area contributed by atoms with Crippen LogP contribution in [0.25, 0.3) is 0 Å². The lowest BCUT2D eigenvalue weighted by Gasteiger charge is -2.10. The van der Waals surface area contributed by atoms with Gasteiger partial charge >= 0.3 is 0 Å². The second-order valence-electron chi connectivity index (χ2n) is 2.98. The summed E-state index contributed by atoms with van der Waals surface area (Å²) < 4.78 is 0. The summed E-state index contributed by atoms with van der Waals surface area (Å²) in [7, 11) is 0. The topological polar surface area (TPSA) is 0 Å². The molecule has 1 unspecified atom stereocenters. The second kappa shape index (κ2) is 2.78. The Hall–Kier alpha value is 0.0900. The molecule has 0 saturated carbocycles. The van der Waals surface area contributed by atoms with E-state index >= 15 is 0 Å². The maximum absolute atomic E-state index is 3.95. The van der Waals surface area contributed by atoms with Crippen LogP contribution in [0, 0.1) is 5.92 Å². The summed E-state index contributed by atoms with van der Waals surface area (Å²) >= 11 is 1.98. The van der Waals surface area contributed by atoms with E-state index in [2.05, 4.69) is 20.4 Å². The van der Waals surface area contributed by atoms with Gasteiger partial charge in [0.25, 0.3) is 0 Å². The van der Waals surface area contributed by atoms with Gasteiger partial charge < -0.3 is 0 Å². The van der Waals surface area contributed by atoms with Crippen LogP contribution < -0.4 is 0 Å². The fraction of sp³-hybridized carbons (Fsp3) is 0.750. The summed E-state index contributed by atoms with van der Waals surface area (Å²) in [6.45, 7) is 8.53. The fourth-order valence-corrected chi connectivity index (χ4v) is 2.28. The highest BCUT2D eigenvalue weighted by atomic mass is 32.2. The zero-order valence-electron chi connectivity index (χ0n) is 6.18. The number of rotatable bonds is 1. The van der Waals surface area contributed by atoms with E-state index in [-0.39, 0.29) is 0 Å². The molecule has 0 N–H and O–H groups in total. The van der Waals surface area contributed by atoms with Gasteiger partial charge in [-0.25, -0.2) is 0 Å². The number of hydrogen-bond donors (Lipinski definition) is 0. The van der Waals surface area contributed by atoms with E-state index in [0.717, 1.165) is 11.2 Å². The maximum atomic E-state index is 3.95. The van der Waals surface area contributed by atoms with Gasteiger partial charge in [0.15, 0.2) is 0 Å². The first-order chi connectivity index (χ1) is 4.20. The van der Waals surface area contributed by atoms with Gasteiger partial charge in [0.2, 0.25) is 0 Å². The molecule has 1 rings (SSSR count). The van der Waals surface area contributed by atoms with Gasteiger partial charge in [-0.05, 0) is 23.7 Å². The Morgan fingerprint density at radius 2 is 2.33 bits per heavy atom. The summed E-state index contributed by atoms with van der Waals surface area (Å²) in [5, 5.41) is 0.859. The largest absolute Gasteiger partial charge is 0.128 e. The van der Waals surface area contributed by atoms with E-state index < -0.39 is 0 Å². The minimum absolute atomic E-state index is 0.828. The average Bonchev–Trinajstić information content (AvgIpc) is 2.14. The van der Waals surface area contributed by atoms with Crippen LogP contribution in [0.15, 0.2) is 11.5 Å². The van der Waals surface area contributed by atoms with Crippen LogP contribution >= 0.6 is 11.8 Å². The van der Waals surface area contributed by atoms with Crippen molar-refractivity contribution in [1.29, 1.82) is 0 Å². The first kappa shape index (κ1) is 7.20. The lowest BCUT2D eigenvalue weighted by molar-refractivity contribution is 0.590. The Morgan fingerprint density at radius 3 is 2.56 bits per heavy atom. The molecule has 1 saturated heterocycles. The number of allylic oxidation sites excluding steroid dienone is 1. The van der Waals surface area contributed by atoms with E-state index in [4.69, 9.17) is 0 Å². The summed E-state index contributed by atoms with van der Waals surface area (Å²) in [4.78, 5) is 1.38. The van der Waals surface area contributed by atoms with Crippen molar-refractivity contribution in [2.24, 2.45) is 5.92 Å². The molecule has 9 heavy (non-hydrogen) atoms. The van der Waals surface area contributed by atoms with Gasteiger partial charge in [0.1, 0.15) is 0 Å². The number of thioether (sulfide) groups is 1. The van der Waals surface area contributed by atoms with Crippen LogP contribution in [0.5, 0.6) is 0 Å². The molecule has 0 spiro atoms. The van der Waals surface area contributed by atoms with Gasteiger partial charge in [-0.1, -0.05) is 20.4 Å². The van der Waals surface area contributed by atoms with Crippen LogP contribution in [-0.4, -0.2) is 5.25 Å². The Balaban J connectivity index is 2.39. The lowest BCUT2D eigenvalue weighted by Crippen LogP contribution is -2.05. The molecule has 0 bridgehead atoms. The normalized spacial score (nSPS) is 27.9. The molecule has 1 heterocycles. The molecule has 1 aliphatic heterocycles. The number of hydrogen-bond acceptors (Lipinski definition) is 1. The molecular formula is C8H14S. The molecule has 0 amide bonds. The molecular weight excluding hydrogens is 128 g/mol. The third-order valence-electron chi connectivity index (χ3n) is 1.77. The molecule has 0 aromatic heterocycles. The van der Waals surface area contributed by atoms with Gasteiger partial charge in [-0.3, -0.25) is 0 Å². The van der Waals surface area contributed by atoms with Gasteiger partial charge in [0.05, 0.1) is 0 Å². The quantitative estimate of drug-likeness (QED) is 0.542. The highest BCUT2D eigenvalue weighted by molar-refractivity contribution is 8.03. The summed E-state index contributed by atoms with van der Waals surface area (Å²) in [6.07, 6.45) is 2.59. The summed E-state index contributed by atoms with van der Waals surface area (Å²) in [5.41, 5.74) is 0. The maximum Gasteiger partial charge on any atom is 0.0117 e. The highest BCUT2D eigenvalue weighted by Gasteiger charge is 2.20. The van der Waals surface area contributed by atoms with Crippen LogP contribution in [0.1, 0.15) is 26.7 Å². The van der Waals surface area contributed by atoms with Gasteiger partial charge in [0, 0.05) is 5.25 Å². The zero-order valence-corrected chi connectivity index (χ0v) is 7.00. The minimum Gasteiger partial charge on any atom is -0.128 e. The van der Waals surface area contributed by atoms with Crippen molar-refractivity contribution in [3.63, 3.8) is 0 Å². The van der Waals surface area contributed by atoms with Crippen LogP contribution in [-0.2, 0) is 0 Å². The third kappa shape index (κ3) is 1.75. The zero-order chi connectivity index (χ0) is 6.85. The molecule has 0 aromatic carbocycles. The molecule has 0 aromatic rings. The standard InChI is InChI=1S/C8H14S/c1-6(2)8-5-4-7(3)9-8/h6,8H,3-5H2,1-2H3. The van der Waals surface area contributed by atoms with Crippen molar-refractivity contribution < 1.29 is 0 Å². The first-order valence-electron chi connectivity index (χ1n) is 3.54. The van der Waals surface area contributed by atoms with Crippen molar-refractivity contribution >= 4 is 11.8 Å². The van der Waals surface area contributed by atoms with Crippen LogP contribution in [0.4, 0.5) is 0 Å². The van der Waals surface area contributed by atoms with Crippen molar-refractivity contribution in [1.82, 2.24) is 0 Å². The van der Waals surface area contributed by atoms with E-state index in [9.17, 15) is 0 Å². The van der Waals surface area contributed by atoms with E-state index in [1.54, 1.807) is 0 Å². The van der Waals surface area contributed by atoms with Crippen LogP contribution in [0.3, 0.4) is 0 Å². The molecule has 0 nitrogen and oxygen atoms in total. The monoisotopic (exact) mass is 142 g/mol. The van der Waals surface area contributed by atoms with Gasteiger partial charge in [-0.15, -0.1) is 11.8 Å². The first-order valence-corrected chi connectivity index (χ1v) is 4.42. The molecule has 0 radical (unpaired) electrons. The van der Waals surface area contributed by atoms with Gasteiger partial charge in [-0.2, -0.15) is 0 Å². The van der Waals surface area contributed by atoms with Crippen LogP contribution in [0.2, 0.25) is 0 Å². The fourth-order valence-electron chi connectivity index (χ4n) is 1.10. The molecule has 1 heteroatoms. The predicted molar refractivity (Wildman–Crippen MR) is 44.6 cm³/mol. The van der Waals surface area contributed by atoms with E-state index in [1.165, 1.54) is 17.7 Å². The average molecular weight is 142 g/mol. The Bertz CT molecular complexity index is 116. The summed E-state index contributed by atoms with van der Waals surface area (Å²) in [6, 6.07) is 0. The van der Waals surface area contributed by atoms with E-state index in [1.807, 2.05) is 11.8 Å². The lowest BCUT2D eigenvalue weighted by atomic mass is 10.1.